The number of hydrogen-bond donors (Lipinski definition) is 1. The molecule has 2 aromatic carbocycles. The molecule has 0 radical (unpaired) electrons. The molecular weight excluding hydrogens is 324 g/mol. The Kier molecular flexibility index (Phi) is 4.12. The summed E-state index contributed by atoms with van der Waals surface area (Å²) in [6.45, 7) is 0. The molecule has 0 saturated carbocycles. The Labute approximate surface area is 135 Å². The lowest BCUT2D eigenvalue weighted by Gasteiger charge is -2.05. The van der Waals surface area contributed by atoms with Gasteiger partial charge in [0.2, 0.25) is 0 Å². The number of carbonyl (C=O) groups excluding carboxylic acids is 1. The fraction of sp³-hybridized carbons (Fsp3) is 0. The van der Waals surface area contributed by atoms with E-state index in [4.69, 9.17) is 16.0 Å². The number of hydrogen-bond acceptors (Lipinski definition) is 2. The van der Waals surface area contributed by atoms with Crippen LogP contribution in [0.1, 0.15) is 10.6 Å². The summed E-state index contributed by atoms with van der Waals surface area (Å²) in [6.07, 6.45) is 0. The molecule has 23 heavy (non-hydrogen) atoms. The molecule has 0 unspecified atom stereocenters. The lowest BCUT2D eigenvalue weighted by atomic mass is 10.2. The van der Waals surface area contributed by atoms with E-state index in [1.165, 1.54) is 12.1 Å². The topological polar surface area (TPSA) is 42.2 Å². The second kappa shape index (κ2) is 6.22. The number of benzene rings is 2. The minimum atomic E-state index is -0.865. The first kappa shape index (κ1) is 15.2. The lowest BCUT2D eigenvalue weighted by molar-refractivity contribution is 0.0996. The van der Waals surface area contributed by atoms with Gasteiger partial charge in [-0.25, -0.2) is 8.78 Å². The summed E-state index contributed by atoms with van der Waals surface area (Å²) in [4.78, 5) is 12.1. The number of anilines is 1. The Balaban J connectivity index is 1.86. The number of halogens is 3. The molecule has 3 rings (SSSR count). The second-order valence-corrected chi connectivity index (χ2v) is 5.10. The van der Waals surface area contributed by atoms with Crippen molar-refractivity contribution in [1.82, 2.24) is 0 Å². The second-order valence-electron chi connectivity index (χ2n) is 4.69. The molecule has 0 saturated heterocycles. The zero-order valence-electron chi connectivity index (χ0n) is 11.6. The molecular formula is C17H10ClF2NO2. The maximum absolute atomic E-state index is 13.5. The van der Waals surface area contributed by atoms with Crippen LogP contribution in [0.15, 0.2) is 59.0 Å². The largest absolute Gasteiger partial charge is 0.451 e. The maximum Gasteiger partial charge on any atom is 0.291 e. The van der Waals surface area contributed by atoms with Crippen molar-refractivity contribution in [1.29, 1.82) is 0 Å². The fourth-order valence-corrected chi connectivity index (χ4v) is 2.29. The molecule has 3 nitrogen and oxygen atoms in total. The minimum absolute atomic E-state index is 0.0810. The Morgan fingerprint density at radius 1 is 0.957 bits per heavy atom. The smallest absolute Gasteiger partial charge is 0.291 e. The van der Waals surface area contributed by atoms with Gasteiger partial charge in [-0.05, 0) is 36.4 Å². The SMILES string of the molecule is O=C(Nc1c(F)cccc1F)c1ccc(-c2ccccc2Cl)o1. The molecule has 6 heteroatoms. The van der Waals surface area contributed by atoms with Crippen LogP contribution in [0.4, 0.5) is 14.5 Å². The first-order valence-corrected chi connectivity index (χ1v) is 7.04. The number of rotatable bonds is 3. The highest BCUT2D eigenvalue weighted by Gasteiger charge is 2.17. The van der Waals surface area contributed by atoms with Crippen LogP contribution in [-0.2, 0) is 0 Å². The monoisotopic (exact) mass is 333 g/mol. The third kappa shape index (κ3) is 3.10. The predicted octanol–water partition coefficient (Wildman–Crippen LogP) is 5.13. The molecule has 0 fully saturated rings. The van der Waals surface area contributed by atoms with Crippen molar-refractivity contribution < 1.29 is 18.0 Å². The lowest BCUT2D eigenvalue weighted by Crippen LogP contribution is -2.13. The van der Waals surface area contributed by atoms with Crippen molar-refractivity contribution in [3.05, 3.63) is 77.0 Å². The molecule has 0 spiro atoms. The van der Waals surface area contributed by atoms with Gasteiger partial charge in [0.15, 0.2) is 5.76 Å². The van der Waals surface area contributed by atoms with Crippen molar-refractivity contribution in [3.63, 3.8) is 0 Å². The van der Waals surface area contributed by atoms with Crippen LogP contribution < -0.4 is 5.32 Å². The summed E-state index contributed by atoms with van der Waals surface area (Å²) in [7, 11) is 0. The zero-order valence-corrected chi connectivity index (χ0v) is 12.4. The Bertz CT molecular complexity index is 856. The summed E-state index contributed by atoms with van der Waals surface area (Å²) in [5.41, 5.74) is 0.0958. The summed E-state index contributed by atoms with van der Waals surface area (Å²) >= 11 is 6.06. The van der Waals surface area contributed by atoms with Crippen LogP contribution >= 0.6 is 11.6 Å². The third-order valence-electron chi connectivity index (χ3n) is 3.17. The molecule has 1 aromatic heterocycles. The van der Waals surface area contributed by atoms with Gasteiger partial charge in [-0.1, -0.05) is 29.8 Å². The van der Waals surface area contributed by atoms with Crippen LogP contribution in [0, 0.1) is 11.6 Å². The number of amides is 1. The molecule has 3 aromatic rings. The molecule has 1 N–H and O–H groups in total. The van der Waals surface area contributed by atoms with E-state index in [0.29, 0.717) is 16.3 Å². The average Bonchev–Trinajstić information content (AvgIpc) is 3.01. The number of para-hydroxylation sites is 1. The summed E-state index contributed by atoms with van der Waals surface area (Å²) in [5.74, 6) is -2.18. The van der Waals surface area contributed by atoms with Crippen molar-refractivity contribution in [2.75, 3.05) is 5.32 Å². The van der Waals surface area contributed by atoms with Crippen LogP contribution in [0.2, 0.25) is 5.02 Å². The van der Waals surface area contributed by atoms with Gasteiger partial charge >= 0.3 is 0 Å². The fourth-order valence-electron chi connectivity index (χ4n) is 2.06. The summed E-state index contributed by atoms with van der Waals surface area (Å²) in [6, 6.07) is 13.3. The van der Waals surface area contributed by atoms with Gasteiger partial charge < -0.3 is 9.73 Å². The van der Waals surface area contributed by atoms with Gasteiger partial charge in [-0.2, -0.15) is 0 Å². The van der Waals surface area contributed by atoms with E-state index in [0.717, 1.165) is 12.1 Å². The summed E-state index contributed by atoms with van der Waals surface area (Å²) in [5, 5.41) is 2.63. The molecule has 116 valence electrons. The van der Waals surface area contributed by atoms with Crippen LogP contribution in [0.5, 0.6) is 0 Å². The van der Waals surface area contributed by atoms with Gasteiger partial charge in [-0.15, -0.1) is 0 Å². The normalized spacial score (nSPS) is 10.6. The Hall–Kier alpha value is -2.66. The van der Waals surface area contributed by atoms with Crippen LogP contribution in [0.3, 0.4) is 0 Å². The first-order chi connectivity index (χ1) is 11.1. The van der Waals surface area contributed by atoms with Gasteiger partial charge in [0.1, 0.15) is 23.1 Å². The Morgan fingerprint density at radius 2 is 1.65 bits per heavy atom. The number of carbonyl (C=O) groups is 1. The van der Waals surface area contributed by atoms with Crippen molar-refractivity contribution in [3.8, 4) is 11.3 Å². The van der Waals surface area contributed by atoms with Crippen molar-refractivity contribution in [2.24, 2.45) is 0 Å². The van der Waals surface area contributed by atoms with E-state index >= 15 is 0 Å². The van der Waals surface area contributed by atoms with E-state index in [9.17, 15) is 13.6 Å². The first-order valence-electron chi connectivity index (χ1n) is 6.66. The Morgan fingerprint density at radius 3 is 2.35 bits per heavy atom. The maximum atomic E-state index is 13.5. The quantitative estimate of drug-likeness (QED) is 0.722. The van der Waals surface area contributed by atoms with E-state index < -0.39 is 23.2 Å². The predicted molar refractivity (Wildman–Crippen MR) is 83.5 cm³/mol. The van der Waals surface area contributed by atoms with Gasteiger partial charge in [0.25, 0.3) is 5.91 Å². The molecule has 0 aliphatic rings. The third-order valence-corrected chi connectivity index (χ3v) is 3.50. The molecule has 0 atom stereocenters. The summed E-state index contributed by atoms with van der Waals surface area (Å²) < 4.78 is 32.5. The van der Waals surface area contributed by atoms with Crippen molar-refractivity contribution >= 4 is 23.2 Å². The highest BCUT2D eigenvalue weighted by Crippen LogP contribution is 2.29. The van der Waals surface area contributed by atoms with E-state index in [1.807, 2.05) is 0 Å². The van der Waals surface area contributed by atoms with Crippen LogP contribution in [-0.4, -0.2) is 5.91 Å². The zero-order chi connectivity index (χ0) is 16.4. The van der Waals surface area contributed by atoms with E-state index in [2.05, 4.69) is 5.32 Å². The highest BCUT2D eigenvalue weighted by atomic mass is 35.5. The molecule has 0 bridgehead atoms. The number of nitrogens with one attached hydrogen (secondary N) is 1. The molecule has 1 amide bonds. The van der Waals surface area contributed by atoms with Gasteiger partial charge in [0, 0.05) is 5.56 Å². The minimum Gasteiger partial charge on any atom is -0.451 e. The van der Waals surface area contributed by atoms with E-state index in [-0.39, 0.29) is 5.76 Å². The standard InChI is InChI=1S/C17H10ClF2NO2/c18-11-5-2-1-4-10(11)14-8-9-15(23-14)17(22)21-16-12(19)6-3-7-13(16)20/h1-9H,(H,21,22). The number of furan rings is 1. The molecule has 0 aliphatic heterocycles. The van der Waals surface area contributed by atoms with Crippen LogP contribution in [0.25, 0.3) is 11.3 Å². The highest BCUT2D eigenvalue weighted by molar-refractivity contribution is 6.33. The van der Waals surface area contributed by atoms with Crippen molar-refractivity contribution in [2.45, 2.75) is 0 Å². The average molecular weight is 334 g/mol. The van der Waals surface area contributed by atoms with Gasteiger partial charge in [-0.3, -0.25) is 4.79 Å². The van der Waals surface area contributed by atoms with Gasteiger partial charge in [0.05, 0.1) is 5.02 Å². The van der Waals surface area contributed by atoms with E-state index in [1.54, 1.807) is 30.3 Å². The molecule has 0 aliphatic carbocycles. The molecule has 1 heterocycles.